The first-order valence-electron chi connectivity index (χ1n) is 11.3. The quantitative estimate of drug-likeness (QED) is 0.617. The van der Waals surface area contributed by atoms with Crippen LogP contribution in [0.1, 0.15) is 71.2 Å². The van der Waals surface area contributed by atoms with Gasteiger partial charge in [-0.1, -0.05) is 41.5 Å². The second-order valence-corrected chi connectivity index (χ2v) is 15.0. The van der Waals surface area contributed by atoms with Gasteiger partial charge in [-0.3, -0.25) is 4.79 Å². The molecule has 168 valence electrons. The van der Waals surface area contributed by atoms with Crippen molar-refractivity contribution in [3.63, 3.8) is 0 Å². The van der Waals surface area contributed by atoms with Crippen LogP contribution in [0.5, 0.6) is 11.5 Å². The molecule has 1 amide bonds. The number of methoxy groups -OCH3 is 1. The Bertz CT molecular complexity index is 759. The summed E-state index contributed by atoms with van der Waals surface area (Å²) in [5.74, 6) is 1.18. The van der Waals surface area contributed by atoms with Crippen LogP contribution in [0.3, 0.4) is 0 Å². The van der Waals surface area contributed by atoms with Gasteiger partial charge in [0.05, 0.1) is 24.4 Å². The number of nitrogens with one attached hydrogen (secondary N) is 1. The lowest BCUT2D eigenvalue weighted by Gasteiger charge is -2.42. The second kappa shape index (κ2) is 8.79. The summed E-state index contributed by atoms with van der Waals surface area (Å²) in [6.45, 7) is 14.1. The lowest BCUT2D eigenvalue weighted by atomic mass is 10.0. The molecule has 0 aromatic heterocycles. The zero-order valence-corrected chi connectivity index (χ0v) is 20.5. The molecule has 2 N–H and O–H groups in total. The summed E-state index contributed by atoms with van der Waals surface area (Å²) in [6, 6.07) is 3.44. The van der Waals surface area contributed by atoms with Crippen molar-refractivity contribution in [1.29, 1.82) is 0 Å². The number of carbonyl (C=O) groups excluding carboxylic acids is 1. The van der Waals surface area contributed by atoms with E-state index in [9.17, 15) is 9.90 Å². The van der Waals surface area contributed by atoms with Crippen molar-refractivity contribution in [2.75, 3.05) is 19.0 Å². The van der Waals surface area contributed by atoms with Crippen molar-refractivity contribution < 1.29 is 19.1 Å². The van der Waals surface area contributed by atoms with E-state index in [0.29, 0.717) is 45.9 Å². The molecule has 1 aromatic rings. The summed E-state index contributed by atoms with van der Waals surface area (Å²) in [5, 5.41) is 14.0. The Labute approximate surface area is 182 Å². The van der Waals surface area contributed by atoms with E-state index in [4.69, 9.17) is 9.16 Å². The molecule has 0 aliphatic carbocycles. The summed E-state index contributed by atoms with van der Waals surface area (Å²) in [6.07, 6.45) is 2.00. The van der Waals surface area contributed by atoms with Gasteiger partial charge in [-0.25, -0.2) is 0 Å². The minimum Gasteiger partial charge on any atom is -0.540 e. The number of nitrogens with zero attached hydrogens (tertiary/aromatic N) is 1. The first-order valence-corrected chi connectivity index (χ1v) is 13.4. The van der Waals surface area contributed by atoms with E-state index in [1.807, 2.05) is 11.0 Å². The van der Waals surface area contributed by atoms with Gasteiger partial charge in [0.2, 0.25) is 0 Å². The molecule has 2 unspecified atom stereocenters. The van der Waals surface area contributed by atoms with Gasteiger partial charge >= 0.3 is 0 Å². The van der Waals surface area contributed by atoms with E-state index >= 15 is 0 Å². The number of piperidine rings is 1. The molecule has 0 radical (unpaired) electrons. The molecule has 1 saturated heterocycles. The molecular formula is C23H38N2O4Si. The highest BCUT2D eigenvalue weighted by molar-refractivity contribution is 6.78. The topological polar surface area (TPSA) is 71.0 Å². The van der Waals surface area contributed by atoms with Gasteiger partial charge in [0.1, 0.15) is 12.0 Å². The Morgan fingerprint density at radius 3 is 2.27 bits per heavy atom. The van der Waals surface area contributed by atoms with Gasteiger partial charge in [0, 0.05) is 12.6 Å². The van der Waals surface area contributed by atoms with E-state index < -0.39 is 14.5 Å². The van der Waals surface area contributed by atoms with Crippen molar-refractivity contribution >= 4 is 19.9 Å². The summed E-state index contributed by atoms with van der Waals surface area (Å²) in [7, 11) is -0.588. The number of hydrogen-bond donors (Lipinski definition) is 2. The monoisotopic (exact) mass is 434 g/mol. The third-order valence-electron chi connectivity index (χ3n) is 7.01. The summed E-state index contributed by atoms with van der Waals surface area (Å²) in [5.41, 5.74) is 2.39. The van der Waals surface area contributed by atoms with Gasteiger partial charge in [0.25, 0.3) is 14.2 Å². The molecule has 30 heavy (non-hydrogen) atoms. The van der Waals surface area contributed by atoms with Crippen molar-refractivity contribution in [3.8, 4) is 11.5 Å². The van der Waals surface area contributed by atoms with E-state index in [-0.39, 0.29) is 11.9 Å². The number of anilines is 1. The minimum atomic E-state index is -2.20. The molecular weight excluding hydrogens is 396 g/mol. The molecule has 2 heterocycles. The van der Waals surface area contributed by atoms with Crippen LogP contribution in [-0.4, -0.2) is 50.2 Å². The third-order valence-corrected chi connectivity index (χ3v) is 13.0. The Hall–Kier alpha value is -1.73. The fourth-order valence-electron chi connectivity index (χ4n) is 5.59. The number of fused-ring (bicyclic) bond motifs is 2. The number of rotatable bonds is 6. The number of amides is 1. The van der Waals surface area contributed by atoms with Gasteiger partial charge in [-0.2, -0.15) is 0 Å². The van der Waals surface area contributed by atoms with Gasteiger partial charge in [-0.05, 0) is 42.0 Å². The van der Waals surface area contributed by atoms with Crippen molar-refractivity contribution in [3.05, 3.63) is 17.7 Å². The maximum Gasteiger partial charge on any atom is 0.258 e. The van der Waals surface area contributed by atoms with Crippen molar-refractivity contribution in [2.45, 2.75) is 89.7 Å². The average Bonchev–Trinajstić information content (AvgIpc) is 2.79. The lowest BCUT2D eigenvalue weighted by molar-refractivity contribution is 0.0335. The number of benzene rings is 1. The Balaban J connectivity index is 2.08. The molecule has 2 aliphatic rings. The summed E-state index contributed by atoms with van der Waals surface area (Å²) in [4.78, 5) is 15.1. The number of carbonyl (C=O) groups is 1. The third kappa shape index (κ3) is 3.82. The standard InChI is InChI=1S/C23H38N2O4Si/c1-14(2)30(15(3)4,16(5)6)29-21-13-18-17(12-20(21)28-7)23(27)25-11-9-8-10-19(25)22(26)24-18/h12-16,19,22,24,26H,8-11H2,1-7H3. The average molecular weight is 435 g/mol. The zero-order chi connectivity index (χ0) is 22.2. The smallest absolute Gasteiger partial charge is 0.258 e. The first kappa shape index (κ1) is 22.9. The summed E-state index contributed by atoms with van der Waals surface area (Å²) >= 11 is 0. The summed E-state index contributed by atoms with van der Waals surface area (Å²) < 4.78 is 12.6. The highest BCUT2D eigenvalue weighted by Crippen LogP contribution is 2.46. The fraction of sp³-hybridized carbons (Fsp3) is 0.696. The second-order valence-electron chi connectivity index (χ2n) is 9.62. The molecule has 0 bridgehead atoms. The highest BCUT2D eigenvalue weighted by atomic mass is 28.4. The van der Waals surface area contributed by atoms with Crippen LogP contribution in [0.15, 0.2) is 12.1 Å². The number of aliphatic hydroxyl groups excluding tert-OH is 1. The molecule has 2 aliphatic heterocycles. The first-order chi connectivity index (χ1) is 14.1. The van der Waals surface area contributed by atoms with E-state index in [1.54, 1.807) is 13.2 Å². The lowest BCUT2D eigenvalue weighted by Crippen LogP contribution is -2.50. The van der Waals surface area contributed by atoms with Crippen LogP contribution in [0.4, 0.5) is 5.69 Å². The Kier molecular flexibility index (Phi) is 6.72. The van der Waals surface area contributed by atoms with E-state index in [1.165, 1.54) is 0 Å². The number of aliphatic hydroxyl groups is 1. The molecule has 3 rings (SSSR count). The van der Waals surface area contributed by atoms with Crippen LogP contribution in [0.25, 0.3) is 0 Å². The fourth-order valence-corrected chi connectivity index (χ4v) is 10.8. The molecule has 6 nitrogen and oxygen atoms in total. The van der Waals surface area contributed by atoms with Crippen molar-refractivity contribution in [1.82, 2.24) is 4.90 Å². The zero-order valence-electron chi connectivity index (χ0n) is 19.5. The normalized spacial score (nSPS) is 22.0. The number of hydrogen-bond acceptors (Lipinski definition) is 5. The SMILES string of the molecule is COc1cc2c(cc1O[Si](C(C)C)(C(C)C)C(C)C)NC(O)C1CCCCN1C2=O. The van der Waals surface area contributed by atoms with Crippen LogP contribution in [0, 0.1) is 0 Å². The molecule has 0 saturated carbocycles. The van der Waals surface area contributed by atoms with Crippen LogP contribution >= 0.6 is 0 Å². The van der Waals surface area contributed by atoms with Gasteiger partial charge in [-0.15, -0.1) is 0 Å². The Morgan fingerprint density at radius 2 is 1.70 bits per heavy atom. The molecule has 1 fully saturated rings. The predicted octanol–water partition coefficient (Wildman–Crippen LogP) is 4.99. The predicted molar refractivity (Wildman–Crippen MR) is 123 cm³/mol. The van der Waals surface area contributed by atoms with Crippen LogP contribution < -0.4 is 14.5 Å². The van der Waals surface area contributed by atoms with Gasteiger partial charge in [0.15, 0.2) is 5.75 Å². The van der Waals surface area contributed by atoms with E-state index in [0.717, 1.165) is 19.3 Å². The largest absolute Gasteiger partial charge is 0.540 e. The molecule has 2 atom stereocenters. The van der Waals surface area contributed by atoms with Crippen LogP contribution in [-0.2, 0) is 0 Å². The van der Waals surface area contributed by atoms with Crippen molar-refractivity contribution in [2.24, 2.45) is 0 Å². The molecule has 0 spiro atoms. The molecule has 7 heteroatoms. The van der Waals surface area contributed by atoms with Crippen LogP contribution in [0.2, 0.25) is 16.6 Å². The molecule has 1 aromatic carbocycles. The number of ether oxygens (including phenoxy) is 1. The minimum absolute atomic E-state index is 0.0521. The highest BCUT2D eigenvalue weighted by Gasteiger charge is 2.48. The maximum atomic E-state index is 13.3. The van der Waals surface area contributed by atoms with E-state index in [2.05, 4.69) is 46.9 Å². The Morgan fingerprint density at radius 1 is 1.07 bits per heavy atom. The van der Waals surface area contributed by atoms with Gasteiger partial charge < -0.3 is 24.5 Å². The maximum absolute atomic E-state index is 13.3.